The fourth-order valence-corrected chi connectivity index (χ4v) is 1.30. The third-order valence-electron chi connectivity index (χ3n) is 2.19. The summed E-state index contributed by atoms with van der Waals surface area (Å²) in [4.78, 5) is 18.2. The first-order chi connectivity index (χ1) is 7.22. The summed E-state index contributed by atoms with van der Waals surface area (Å²) in [6, 6.07) is 0. The topological polar surface area (TPSA) is 57.8 Å². The van der Waals surface area contributed by atoms with Gasteiger partial charge in [-0.3, -0.25) is 4.79 Å². The second kappa shape index (κ2) is 6.22. The van der Waals surface area contributed by atoms with Crippen LogP contribution in [-0.4, -0.2) is 22.3 Å². The van der Waals surface area contributed by atoms with Crippen LogP contribution in [0.15, 0.2) is 6.20 Å². The molecule has 0 unspecified atom stereocenters. The highest BCUT2D eigenvalue weighted by atomic mass is 16.1. The van der Waals surface area contributed by atoms with Crippen molar-refractivity contribution < 1.29 is 4.79 Å². The molecule has 84 valence electrons. The van der Waals surface area contributed by atoms with Crippen LogP contribution < -0.4 is 5.32 Å². The number of hydrogen-bond acceptors (Lipinski definition) is 3. The van der Waals surface area contributed by atoms with Crippen LogP contribution in [0.4, 0.5) is 5.82 Å². The summed E-state index contributed by atoms with van der Waals surface area (Å²) < 4.78 is 0. The van der Waals surface area contributed by atoms with Gasteiger partial charge in [-0.25, -0.2) is 4.98 Å². The van der Waals surface area contributed by atoms with E-state index in [0.29, 0.717) is 13.0 Å². The monoisotopic (exact) mass is 209 g/mol. The molecule has 0 atom stereocenters. The van der Waals surface area contributed by atoms with Crippen LogP contribution in [0.3, 0.4) is 0 Å². The lowest BCUT2D eigenvalue weighted by Gasteiger charge is -2.00. The van der Waals surface area contributed by atoms with Gasteiger partial charge >= 0.3 is 0 Å². The Balaban J connectivity index is 2.29. The van der Waals surface area contributed by atoms with Crippen LogP contribution in [0.2, 0.25) is 0 Å². The number of ketones is 1. The quantitative estimate of drug-likeness (QED) is 0.723. The molecule has 15 heavy (non-hydrogen) atoms. The molecule has 0 saturated heterocycles. The van der Waals surface area contributed by atoms with Crippen molar-refractivity contribution in [3.8, 4) is 0 Å². The molecule has 0 aliphatic carbocycles. The first-order valence-corrected chi connectivity index (χ1v) is 5.49. The summed E-state index contributed by atoms with van der Waals surface area (Å²) in [5.41, 5.74) is 0. The maximum atomic E-state index is 10.7. The molecule has 1 aromatic rings. The average Bonchev–Trinajstić information content (AvgIpc) is 2.62. The van der Waals surface area contributed by atoms with Crippen molar-refractivity contribution in [3.63, 3.8) is 0 Å². The number of aromatic amines is 1. The molecule has 1 rings (SSSR count). The highest BCUT2D eigenvalue weighted by Crippen LogP contribution is 2.06. The van der Waals surface area contributed by atoms with Crippen molar-refractivity contribution in [2.75, 3.05) is 11.9 Å². The third-order valence-corrected chi connectivity index (χ3v) is 2.19. The minimum absolute atomic E-state index is 0.202. The molecular weight excluding hydrogens is 190 g/mol. The van der Waals surface area contributed by atoms with Gasteiger partial charge in [-0.05, 0) is 13.3 Å². The van der Waals surface area contributed by atoms with Crippen LogP contribution in [0.5, 0.6) is 0 Å². The SMILES string of the molecule is CCCCc1ncc(NCCC(C)=O)[nH]1. The Morgan fingerprint density at radius 3 is 3.07 bits per heavy atom. The summed E-state index contributed by atoms with van der Waals surface area (Å²) >= 11 is 0. The van der Waals surface area contributed by atoms with Gasteiger partial charge in [0.25, 0.3) is 0 Å². The van der Waals surface area contributed by atoms with E-state index >= 15 is 0 Å². The second-order valence-electron chi connectivity index (χ2n) is 3.73. The van der Waals surface area contributed by atoms with E-state index in [1.54, 1.807) is 13.1 Å². The summed E-state index contributed by atoms with van der Waals surface area (Å²) in [6.07, 6.45) is 5.66. The molecular formula is C11H19N3O. The Kier molecular flexibility index (Phi) is 4.87. The number of unbranched alkanes of at least 4 members (excludes halogenated alkanes) is 1. The molecule has 1 aromatic heterocycles. The van der Waals surface area contributed by atoms with Crippen LogP contribution >= 0.6 is 0 Å². The van der Waals surface area contributed by atoms with Crippen LogP contribution in [0.1, 0.15) is 38.9 Å². The zero-order chi connectivity index (χ0) is 11.1. The largest absolute Gasteiger partial charge is 0.370 e. The highest BCUT2D eigenvalue weighted by molar-refractivity contribution is 5.75. The van der Waals surface area contributed by atoms with Gasteiger partial charge in [0.2, 0.25) is 0 Å². The molecule has 1 heterocycles. The predicted octanol–water partition coefficient (Wildman–Crippen LogP) is 2.14. The number of rotatable bonds is 7. The Hall–Kier alpha value is -1.32. The summed E-state index contributed by atoms with van der Waals surface area (Å²) in [6.45, 7) is 4.43. The molecule has 0 radical (unpaired) electrons. The zero-order valence-electron chi connectivity index (χ0n) is 9.47. The van der Waals surface area contributed by atoms with Gasteiger partial charge in [0, 0.05) is 19.4 Å². The number of anilines is 1. The number of aryl methyl sites for hydroxylation is 1. The zero-order valence-corrected chi connectivity index (χ0v) is 9.47. The van der Waals surface area contributed by atoms with E-state index in [2.05, 4.69) is 22.2 Å². The van der Waals surface area contributed by atoms with Crippen molar-refractivity contribution in [1.29, 1.82) is 0 Å². The van der Waals surface area contributed by atoms with Crippen molar-refractivity contribution >= 4 is 11.6 Å². The smallest absolute Gasteiger partial charge is 0.131 e. The molecule has 0 amide bonds. The minimum Gasteiger partial charge on any atom is -0.370 e. The number of imidazole rings is 1. The van der Waals surface area contributed by atoms with Crippen molar-refractivity contribution in [1.82, 2.24) is 9.97 Å². The molecule has 0 saturated carbocycles. The number of Topliss-reactive ketones (excluding diaryl/α,β-unsaturated/α-hetero) is 1. The van der Waals surface area contributed by atoms with Crippen LogP contribution in [-0.2, 0) is 11.2 Å². The molecule has 0 bridgehead atoms. The fourth-order valence-electron chi connectivity index (χ4n) is 1.30. The third kappa shape index (κ3) is 4.63. The number of carbonyl (C=O) groups excluding carboxylic acids is 1. The summed E-state index contributed by atoms with van der Waals surface area (Å²) in [5.74, 6) is 2.12. The van der Waals surface area contributed by atoms with Crippen molar-refractivity contribution in [3.05, 3.63) is 12.0 Å². The molecule has 0 aromatic carbocycles. The lowest BCUT2D eigenvalue weighted by molar-refractivity contribution is -0.116. The lowest BCUT2D eigenvalue weighted by Crippen LogP contribution is -2.05. The van der Waals surface area contributed by atoms with Crippen LogP contribution in [0, 0.1) is 0 Å². The van der Waals surface area contributed by atoms with E-state index < -0.39 is 0 Å². The Morgan fingerprint density at radius 2 is 2.40 bits per heavy atom. The van der Waals surface area contributed by atoms with Gasteiger partial charge in [-0.2, -0.15) is 0 Å². The van der Waals surface area contributed by atoms with Gasteiger partial charge in [0.15, 0.2) is 0 Å². The molecule has 0 spiro atoms. The highest BCUT2D eigenvalue weighted by Gasteiger charge is 1.99. The molecule has 4 nitrogen and oxygen atoms in total. The predicted molar refractivity (Wildman–Crippen MR) is 61.0 cm³/mol. The fraction of sp³-hybridized carbons (Fsp3) is 0.636. The Morgan fingerprint density at radius 1 is 1.60 bits per heavy atom. The minimum atomic E-state index is 0.202. The van der Waals surface area contributed by atoms with E-state index in [0.717, 1.165) is 24.5 Å². The molecule has 0 fully saturated rings. The number of nitrogens with zero attached hydrogens (tertiary/aromatic N) is 1. The maximum absolute atomic E-state index is 10.7. The number of H-pyrrole nitrogens is 1. The number of nitrogens with one attached hydrogen (secondary N) is 2. The number of carbonyl (C=O) groups is 1. The van der Waals surface area contributed by atoms with Gasteiger partial charge in [0.1, 0.15) is 17.4 Å². The van der Waals surface area contributed by atoms with Crippen molar-refractivity contribution in [2.24, 2.45) is 0 Å². The maximum Gasteiger partial charge on any atom is 0.131 e. The first kappa shape index (κ1) is 11.8. The normalized spacial score (nSPS) is 10.3. The standard InChI is InChI=1S/C11H19N3O/c1-3-4-5-10-13-8-11(14-10)12-7-6-9(2)15/h8,12H,3-7H2,1-2H3,(H,13,14). The average molecular weight is 209 g/mol. The Bertz CT molecular complexity index is 307. The van der Waals surface area contributed by atoms with E-state index in [4.69, 9.17) is 0 Å². The Labute approximate surface area is 90.5 Å². The molecule has 0 aliphatic heterocycles. The van der Waals surface area contributed by atoms with E-state index in [1.807, 2.05) is 0 Å². The van der Waals surface area contributed by atoms with E-state index in [9.17, 15) is 4.79 Å². The second-order valence-corrected chi connectivity index (χ2v) is 3.73. The number of aromatic nitrogens is 2. The van der Waals surface area contributed by atoms with Crippen molar-refractivity contribution in [2.45, 2.75) is 39.5 Å². The molecule has 2 N–H and O–H groups in total. The lowest BCUT2D eigenvalue weighted by atomic mass is 10.2. The molecule has 0 aliphatic rings. The van der Waals surface area contributed by atoms with Crippen LogP contribution in [0.25, 0.3) is 0 Å². The van der Waals surface area contributed by atoms with Gasteiger partial charge in [-0.1, -0.05) is 13.3 Å². The van der Waals surface area contributed by atoms with Gasteiger partial charge in [0.05, 0.1) is 6.20 Å². The van der Waals surface area contributed by atoms with Gasteiger partial charge in [-0.15, -0.1) is 0 Å². The van der Waals surface area contributed by atoms with E-state index in [1.165, 1.54) is 6.42 Å². The van der Waals surface area contributed by atoms with Gasteiger partial charge < -0.3 is 10.3 Å². The summed E-state index contributed by atoms with van der Waals surface area (Å²) in [5, 5.41) is 3.13. The molecule has 4 heteroatoms. The summed E-state index contributed by atoms with van der Waals surface area (Å²) in [7, 11) is 0. The number of hydrogen-bond donors (Lipinski definition) is 2. The van der Waals surface area contributed by atoms with E-state index in [-0.39, 0.29) is 5.78 Å². The first-order valence-electron chi connectivity index (χ1n) is 5.49.